The largest absolute Gasteiger partial charge is 0.478 e. The van der Waals surface area contributed by atoms with Crippen LogP contribution in [-0.4, -0.2) is 57.7 Å². The van der Waals surface area contributed by atoms with Crippen LogP contribution in [0.3, 0.4) is 0 Å². The Morgan fingerprint density at radius 3 is 0.347 bits per heavy atom. The van der Waals surface area contributed by atoms with Gasteiger partial charge in [0.1, 0.15) is 0 Å². The molecule has 0 spiro atoms. The highest BCUT2D eigenvalue weighted by molar-refractivity contribution is 5.79. The first-order valence-corrected chi connectivity index (χ1v) is 19.3. The van der Waals surface area contributed by atoms with E-state index in [1.165, 1.54) is 193 Å². The van der Waals surface area contributed by atoms with E-state index in [1.807, 2.05) is 0 Å². The fourth-order valence-corrected chi connectivity index (χ4v) is 5.30. The summed E-state index contributed by atoms with van der Waals surface area (Å²) in [7, 11) is 2.00. The Hall–Kier alpha value is -2.45. The number of rotatable bonds is 3. The maximum atomic E-state index is 9.25. The molecular weight excluding hydrogens is 620 g/mol. The van der Waals surface area contributed by atoms with Gasteiger partial charge in [-0.2, -0.15) is 0 Å². The van der Waals surface area contributed by atoms with Gasteiger partial charge in [-0.3, -0.25) is 0 Å². The second-order valence-corrected chi connectivity index (χ2v) is 12.2. The lowest BCUT2D eigenvalue weighted by Gasteiger charge is -2.05. The summed E-state index contributed by atoms with van der Waals surface area (Å²) in [6.07, 6.45) is 47.5. The van der Waals surface area contributed by atoms with Crippen molar-refractivity contribution < 1.29 is 39.9 Å². The van der Waals surface area contributed by atoms with Crippen LogP contribution >= 0.6 is 0 Å². The summed E-state index contributed by atoms with van der Waals surface area (Å²) in [6.45, 7) is 8.88. The van der Waals surface area contributed by atoms with Gasteiger partial charge in [-0.15, -0.1) is 0 Å². The molecule has 0 radical (unpaired) electrons. The predicted octanol–water partition coefficient (Wildman–Crippen LogP) is 11.7. The predicted molar refractivity (Wildman–Crippen MR) is 208 cm³/mol. The van der Waals surface area contributed by atoms with E-state index in [2.05, 4.69) is 19.7 Å². The van der Waals surface area contributed by atoms with Crippen LogP contribution in [0.15, 0.2) is 38.0 Å². The lowest BCUT2D eigenvalue weighted by Crippen LogP contribution is -1.85. The molecule has 5 N–H and O–H groups in total. The molecule has 0 aliphatic heterocycles. The van der Waals surface area contributed by atoms with Gasteiger partial charge in [0, 0.05) is 32.4 Å². The topological polar surface area (TPSA) is 152 Å². The van der Waals surface area contributed by atoms with Gasteiger partial charge in [0.25, 0.3) is 0 Å². The zero-order valence-corrected chi connectivity index (χ0v) is 32.0. The fraction of sp³-hybridized carbons (Fsp3) is 0.780. The highest BCUT2D eigenvalue weighted by atomic mass is 16.4. The van der Waals surface area contributed by atoms with Gasteiger partial charge in [0.05, 0.1) is 0 Å². The molecule has 0 aromatic carbocycles. The van der Waals surface area contributed by atoms with Gasteiger partial charge < -0.3 is 25.5 Å². The normalized spacial score (nSPS) is 16.9. The van der Waals surface area contributed by atoms with E-state index in [1.54, 1.807) is 0 Å². The molecule has 0 saturated heterocycles. The van der Waals surface area contributed by atoms with Crippen LogP contribution < -0.4 is 0 Å². The minimum Gasteiger partial charge on any atom is -0.478 e. The molecule has 0 aromatic rings. The third kappa shape index (κ3) is 76.8. The van der Waals surface area contributed by atoms with Gasteiger partial charge in [0.2, 0.25) is 0 Å². The van der Waals surface area contributed by atoms with Crippen molar-refractivity contribution in [3.05, 3.63) is 38.0 Å². The number of aliphatic hydroxyl groups is 2. The Kier molecular flexibility index (Phi) is 66.0. The van der Waals surface area contributed by atoms with Gasteiger partial charge in [-0.25, -0.2) is 14.4 Å². The van der Waals surface area contributed by atoms with Crippen LogP contribution in [0.2, 0.25) is 0 Å². The van der Waals surface area contributed by atoms with Gasteiger partial charge in [-0.05, 0) is 0 Å². The fourth-order valence-electron chi connectivity index (χ4n) is 5.30. The van der Waals surface area contributed by atoms with E-state index in [0.29, 0.717) is 0 Å². The van der Waals surface area contributed by atoms with Crippen LogP contribution in [0, 0.1) is 0 Å². The standard InChI is InChI=1S/3C10H20.3C3H4O2.2CH4O/c3*1-2-4-6-8-10-9-7-5-3-1;3*1-2-3(4)5;2*1-2/h3*1-10H2;3*2H,1H2,(H,4,5);2*2H,1H3. The molecule has 3 fully saturated rings. The minimum absolute atomic E-state index is 0.833. The van der Waals surface area contributed by atoms with E-state index in [-0.39, 0.29) is 0 Å². The van der Waals surface area contributed by atoms with Crippen LogP contribution in [-0.2, 0) is 14.4 Å². The van der Waals surface area contributed by atoms with Crippen molar-refractivity contribution in [1.29, 1.82) is 0 Å². The minimum atomic E-state index is -0.981. The zero-order valence-electron chi connectivity index (χ0n) is 32.0. The number of hydrogen-bond donors (Lipinski definition) is 5. The van der Waals surface area contributed by atoms with Gasteiger partial charge in [-0.1, -0.05) is 212 Å². The van der Waals surface area contributed by atoms with Gasteiger partial charge in [0.15, 0.2) is 0 Å². The van der Waals surface area contributed by atoms with E-state index in [9.17, 15) is 14.4 Å². The summed E-state index contributed by atoms with van der Waals surface area (Å²) in [5.41, 5.74) is 0. The average molecular weight is 701 g/mol. The van der Waals surface area contributed by atoms with Crippen LogP contribution in [0.25, 0.3) is 0 Å². The molecule has 0 unspecified atom stereocenters. The maximum absolute atomic E-state index is 9.25. The maximum Gasteiger partial charge on any atom is 0.327 e. The number of carbonyl (C=O) groups is 3. The molecular formula is C41H80O8. The lowest BCUT2D eigenvalue weighted by atomic mass is 10.0. The summed E-state index contributed by atoms with van der Waals surface area (Å²) in [6, 6.07) is 0. The summed E-state index contributed by atoms with van der Waals surface area (Å²) < 4.78 is 0. The number of carboxylic acids is 3. The number of carboxylic acid groups (broad SMARTS) is 3. The van der Waals surface area contributed by atoms with E-state index in [0.717, 1.165) is 32.4 Å². The Bertz CT molecular complexity index is 488. The highest BCUT2D eigenvalue weighted by Gasteiger charge is 1.98. The van der Waals surface area contributed by atoms with Crippen molar-refractivity contribution in [3.8, 4) is 0 Å². The quantitative estimate of drug-likeness (QED) is 0.182. The van der Waals surface area contributed by atoms with Crippen molar-refractivity contribution >= 4 is 17.9 Å². The lowest BCUT2D eigenvalue weighted by molar-refractivity contribution is -0.132. The first kappa shape index (κ1) is 55.9. The monoisotopic (exact) mass is 701 g/mol. The van der Waals surface area contributed by atoms with Crippen LogP contribution in [0.5, 0.6) is 0 Å². The first-order valence-electron chi connectivity index (χ1n) is 19.3. The number of aliphatic hydroxyl groups excluding tert-OH is 2. The molecule has 0 aromatic heterocycles. The van der Waals surface area contributed by atoms with Crippen molar-refractivity contribution in [2.24, 2.45) is 0 Å². The molecule has 3 rings (SSSR count). The van der Waals surface area contributed by atoms with Crippen molar-refractivity contribution in [2.45, 2.75) is 193 Å². The number of hydrogen-bond acceptors (Lipinski definition) is 5. The highest BCUT2D eigenvalue weighted by Crippen LogP contribution is 2.17. The second kappa shape index (κ2) is 57.8. The van der Waals surface area contributed by atoms with E-state index in [4.69, 9.17) is 25.5 Å². The third-order valence-electron chi connectivity index (χ3n) is 8.02. The summed E-state index contributed by atoms with van der Waals surface area (Å²) >= 11 is 0. The molecule has 0 atom stereocenters. The zero-order chi connectivity index (χ0) is 38.1. The molecule has 3 aliphatic carbocycles. The van der Waals surface area contributed by atoms with Crippen molar-refractivity contribution in [3.63, 3.8) is 0 Å². The third-order valence-corrected chi connectivity index (χ3v) is 8.02. The van der Waals surface area contributed by atoms with E-state index < -0.39 is 17.9 Å². The molecule has 0 bridgehead atoms. The summed E-state index contributed by atoms with van der Waals surface area (Å²) in [5, 5.41) is 36.8. The molecule has 0 amide bonds. The Morgan fingerprint density at radius 2 is 0.327 bits per heavy atom. The summed E-state index contributed by atoms with van der Waals surface area (Å²) in [4.78, 5) is 27.8. The molecule has 3 aliphatic rings. The first-order chi connectivity index (χ1) is 23.8. The number of aliphatic carboxylic acids is 3. The molecule has 8 nitrogen and oxygen atoms in total. The Morgan fingerprint density at radius 1 is 0.286 bits per heavy atom. The second-order valence-electron chi connectivity index (χ2n) is 12.2. The summed E-state index contributed by atoms with van der Waals surface area (Å²) in [5.74, 6) is -2.94. The average Bonchev–Trinajstić information content (AvgIpc) is 3.15. The SMILES string of the molecule is C1CCCCCCCCC1.C1CCCCCCCCC1.C1CCCCCCCCC1.C=CC(=O)O.C=CC(=O)O.C=CC(=O)O.CO.CO. The molecule has 8 heteroatoms. The van der Waals surface area contributed by atoms with E-state index >= 15 is 0 Å². The molecule has 49 heavy (non-hydrogen) atoms. The Labute approximate surface area is 302 Å². The Balaban J connectivity index is -0.000000159. The molecule has 3 saturated carbocycles. The molecule has 0 heterocycles. The van der Waals surface area contributed by atoms with Crippen LogP contribution in [0.1, 0.15) is 193 Å². The van der Waals surface area contributed by atoms with Crippen molar-refractivity contribution in [2.75, 3.05) is 14.2 Å². The molecule has 292 valence electrons. The van der Waals surface area contributed by atoms with Crippen LogP contribution in [0.4, 0.5) is 0 Å². The smallest absolute Gasteiger partial charge is 0.327 e. The van der Waals surface area contributed by atoms with Crippen molar-refractivity contribution in [1.82, 2.24) is 0 Å². The van der Waals surface area contributed by atoms with Gasteiger partial charge >= 0.3 is 17.9 Å².